The number of nitrogens with zero attached hydrogens (tertiary/aromatic N) is 2. The van der Waals surface area contributed by atoms with E-state index in [1.54, 1.807) is 49.8 Å². The molecule has 4 aromatic rings. The molecule has 1 aliphatic rings. The fourth-order valence-corrected chi connectivity index (χ4v) is 4.12. The van der Waals surface area contributed by atoms with Gasteiger partial charge < -0.3 is 23.8 Å². The second-order valence-corrected chi connectivity index (χ2v) is 8.15. The van der Waals surface area contributed by atoms with Crippen molar-refractivity contribution in [3.8, 4) is 28.5 Å². The van der Waals surface area contributed by atoms with Gasteiger partial charge in [-0.2, -0.15) is 0 Å². The van der Waals surface area contributed by atoms with Crippen molar-refractivity contribution in [1.29, 1.82) is 0 Å². The molecule has 0 spiro atoms. The van der Waals surface area contributed by atoms with Crippen molar-refractivity contribution in [2.45, 2.75) is 13.0 Å². The molecule has 8 heteroatoms. The summed E-state index contributed by atoms with van der Waals surface area (Å²) < 4.78 is 32.4. The van der Waals surface area contributed by atoms with Crippen LogP contribution in [0.1, 0.15) is 17.0 Å². The van der Waals surface area contributed by atoms with Crippen molar-refractivity contribution in [2.24, 2.45) is 5.92 Å². The van der Waals surface area contributed by atoms with Crippen molar-refractivity contribution >= 4 is 11.6 Å². The Balaban J connectivity index is 1.48. The second kappa shape index (κ2) is 9.52. The van der Waals surface area contributed by atoms with Crippen LogP contribution in [0.3, 0.4) is 0 Å². The fourth-order valence-electron chi connectivity index (χ4n) is 4.12. The van der Waals surface area contributed by atoms with Gasteiger partial charge in [-0.05, 0) is 55.0 Å². The molecular formula is C26H24FN3O4. The average molecular weight is 461 g/mol. The van der Waals surface area contributed by atoms with Crippen LogP contribution in [-0.4, -0.2) is 35.8 Å². The van der Waals surface area contributed by atoms with Crippen LogP contribution >= 0.6 is 0 Å². The van der Waals surface area contributed by atoms with Crippen molar-refractivity contribution in [1.82, 2.24) is 9.55 Å². The number of ether oxygens (including phenoxy) is 2. The van der Waals surface area contributed by atoms with Gasteiger partial charge in [0.1, 0.15) is 17.3 Å². The number of rotatable bonds is 7. The number of furan rings is 1. The molecule has 1 fully saturated rings. The zero-order valence-electron chi connectivity index (χ0n) is 18.7. The molecule has 3 heterocycles. The van der Waals surface area contributed by atoms with E-state index in [0.29, 0.717) is 42.0 Å². The van der Waals surface area contributed by atoms with E-state index in [-0.39, 0.29) is 11.6 Å². The highest BCUT2D eigenvalue weighted by atomic mass is 19.1. The molecule has 7 nitrogen and oxygen atoms in total. The minimum absolute atomic E-state index is 0.155. The first-order valence-electron chi connectivity index (χ1n) is 11.1. The molecule has 1 saturated heterocycles. The number of benzene rings is 2. The Labute approximate surface area is 196 Å². The lowest BCUT2D eigenvalue weighted by Crippen LogP contribution is -2.12. The topological polar surface area (TPSA) is 78.5 Å². The first kappa shape index (κ1) is 21.9. The molecule has 0 bridgehead atoms. The van der Waals surface area contributed by atoms with Gasteiger partial charge >= 0.3 is 0 Å². The van der Waals surface area contributed by atoms with Gasteiger partial charge in [0.25, 0.3) is 5.91 Å². The predicted octanol–water partition coefficient (Wildman–Crippen LogP) is 5.25. The number of halogens is 1. The first-order chi connectivity index (χ1) is 16.6. The van der Waals surface area contributed by atoms with Crippen LogP contribution in [0.4, 0.5) is 10.1 Å². The molecule has 1 aliphatic heterocycles. The molecule has 0 aliphatic carbocycles. The van der Waals surface area contributed by atoms with E-state index in [4.69, 9.17) is 13.9 Å². The Kier molecular flexibility index (Phi) is 6.14. The van der Waals surface area contributed by atoms with E-state index in [1.807, 2.05) is 16.7 Å². The Bertz CT molecular complexity index is 1290. The lowest BCUT2D eigenvalue weighted by atomic mass is 10.1. The van der Waals surface area contributed by atoms with Gasteiger partial charge in [-0.3, -0.25) is 4.79 Å². The van der Waals surface area contributed by atoms with Crippen LogP contribution in [-0.2, 0) is 11.3 Å². The monoisotopic (exact) mass is 461 g/mol. The number of methoxy groups -OCH3 is 1. The highest BCUT2D eigenvalue weighted by molar-refractivity contribution is 6.03. The van der Waals surface area contributed by atoms with E-state index in [2.05, 4.69) is 10.3 Å². The number of carbonyl (C=O) groups is 1. The summed E-state index contributed by atoms with van der Waals surface area (Å²) in [7, 11) is 1.55. The maximum absolute atomic E-state index is 13.5. The Hall–Kier alpha value is -3.91. The number of nitrogens with one attached hydrogen (secondary N) is 1. The van der Waals surface area contributed by atoms with Crippen LogP contribution in [0, 0.1) is 11.7 Å². The number of hydrogen-bond acceptors (Lipinski definition) is 5. The summed E-state index contributed by atoms with van der Waals surface area (Å²) in [5.41, 5.74) is 2.69. The third-order valence-electron chi connectivity index (χ3n) is 5.85. The molecule has 34 heavy (non-hydrogen) atoms. The largest absolute Gasteiger partial charge is 0.495 e. The highest BCUT2D eigenvalue weighted by Gasteiger charge is 2.24. The molecule has 0 saturated carbocycles. The minimum atomic E-state index is -0.394. The van der Waals surface area contributed by atoms with Crippen molar-refractivity contribution < 1.29 is 23.1 Å². The molecule has 1 amide bonds. The van der Waals surface area contributed by atoms with Gasteiger partial charge in [-0.15, -0.1) is 0 Å². The first-order valence-corrected chi connectivity index (χ1v) is 11.1. The third-order valence-corrected chi connectivity index (χ3v) is 5.85. The predicted molar refractivity (Wildman–Crippen MR) is 125 cm³/mol. The van der Waals surface area contributed by atoms with Gasteiger partial charge in [0.05, 0.1) is 31.4 Å². The molecule has 174 valence electrons. The zero-order valence-corrected chi connectivity index (χ0v) is 18.7. The molecule has 1 atom stereocenters. The average Bonchev–Trinajstić information content (AvgIpc) is 3.61. The van der Waals surface area contributed by atoms with Crippen LogP contribution in [0.15, 0.2) is 71.4 Å². The number of carbonyl (C=O) groups excluding carboxylic acids is 1. The van der Waals surface area contributed by atoms with Gasteiger partial charge in [-0.1, -0.05) is 12.1 Å². The lowest BCUT2D eigenvalue weighted by molar-refractivity contribution is 0.0997. The molecule has 0 radical (unpaired) electrons. The Morgan fingerprint density at radius 2 is 2.00 bits per heavy atom. The van der Waals surface area contributed by atoms with E-state index >= 15 is 0 Å². The number of imidazole rings is 1. The summed E-state index contributed by atoms with van der Waals surface area (Å²) >= 11 is 0. The van der Waals surface area contributed by atoms with Crippen molar-refractivity contribution in [3.63, 3.8) is 0 Å². The van der Waals surface area contributed by atoms with Gasteiger partial charge in [0.15, 0.2) is 11.5 Å². The molecule has 1 N–H and O–H groups in total. The van der Waals surface area contributed by atoms with Crippen LogP contribution in [0.5, 0.6) is 5.75 Å². The van der Waals surface area contributed by atoms with Gasteiger partial charge in [-0.25, -0.2) is 9.37 Å². The molecule has 2 aromatic carbocycles. The molecular weight excluding hydrogens is 437 g/mol. The summed E-state index contributed by atoms with van der Waals surface area (Å²) in [5, 5.41) is 2.82. The van der Waals surface area contributed by atoms with Gasteiger partial charge in [0, 0.05) is 24.6 Å². The fraction of sp³-hybridized carbons (Fsp3) is 0.231. The minimum Gasteiger partial charge on any atom is -0.495 e. The van der Waals surface area contributed by atoms with Crippen LogP contribution in [0.25, 0.3) is 22.7 Å². The maximum atomic E-state index is 13.5. The molecule has 2 aromatic heterocycles. The number of hydrogen-bond donors (Lipinski definition) is 1. The van der Waals surface area contributed by atoms with Crippen molar-refractivity contribution in [3.05, 3.63) is 78.6 Å². The SMILES string of the molecule is COc1ccccc1NC(=O)c1ccc(-c2c(-c3ccc(F)cc3)ncn2CC2CCOC2)o1. The van der Waals surface area contributed by atoms with E-state index in [1.165, 1.54) is 12.1 Å². The number of amides is 1. The molecule has 1 unspecified atom stereocenters. The summed E-state index contributed by atoms with van der Waals surface area (Å²) in [6.07, 6.45) is 2.72. The summed E-state index contributed by atoms with van der Waals surface area (Å²) in [6, 6.07) is 16.7. The quantitative estimate of drug-likeness (QED) is 0.407. The number of anilines is 1. The van der Waals surface area contributed by atoms with Gasteiger partial charge in [0.2, 0.25) is 0 Å². The zero-order chi connectivity index (χ0) is 23.5. The number of aromatic nitrogens is 2. The summed E-state index contributed by atoms with van der Waals surface area (Å²) in [5.74, 6) is 0.856. The smallest absolute Gasteiger partial charge is 0.291 e. The van der Waals surface area contributed by atoms with E-state index < -0.39 is 5.91 Å². The maximum Gasteiger partial charge on any atom is 0.291 e. The third kappa shape index (κ3) is 4.45. The van der Waals surface area contributed by atoms with Crippen molar-refractivity contribution in [2.75, 3.05) is 25.6 Å². The normalized spacial score (nSPS) is 15.4. The van der Waals surface area contributed by atoms with Crippen LogP contribution < -0.4 is 10.1 Å². The van der Waals surface area contributed by atoms with Crippen LogP contribution in [0.2, 0.25) is 0 Å². The second-order valence-electron chi connectivity index (χ2n) is 8.15. The Morgan fingerprint density at radius 1 is 1.18 bits per heavy atom. The highest BCUT2D eigenvalue weighted by Crippen LogP contribution is 2.34. The lowest BCUT2D eigenvalue weighted by Gasteiger charge is -2.12. The standard InChI is InChI=1S/C26H24FN3O4/c1-32-21-5-3-2-4-20(21)29-26(31)23-11-10-22(34-23)25-24(18-6-8-19(27)9-7-18)28-16-30(25)14-17-12-13-33-15-17/h2-11,16-17H,12-15H2,1H3,(H,29,31). The van der Waals surface area contributed by atoms with E-state index in [0.717, 1.165) is 24.3 Å². The summed E-state index contributed by atoms with van der Waals surface area (Å²) in [4.78, 5) is 17.5. The number of para-hydroxylation sites is 2. The van der Waals surface area contributed by atoms with E-state index in [9.17, 15) is 9.18 Å². The Morgan fingerprint density at radius 3 is 2.76 bits per heavy atom. The summed E-state index contributed by atoms with van der Waals surface area (Å²) in [6.45, 7) is 2.13. The molecule has 5 rings (SSSR count).